The molecule has 0 unspecified atom stereocenters. The van der Waals surface area contributed by atoms with Crippen molar-refractivity contribution in [3.63, 3.8) is 0 Å². The number of hydrogen-bond donors (Lipinski definition) is 1. The van der Waals surface area contributed by atoms with Crippen LogP contribution >= 0.6 is 0 Å². The first-order valence-corrected chi connectivity index (χ1v) is 12.2. The monoisotopic (exact) mass is 472 g/mol. The molecular weight excluding hydrogens is 444 g/mol. The number of hydrogen-bond acceptors (Lipinski definition) is 2. The third-order valence-electron chi connectivity index (χ3n) is 6.66. The van der Waals surface area contributed by atoms with Crippen molar-refractivity contribution in [1.29, 1.82) is 0 Å². The number of nitrogens with one attached hydrogen (secondary N) is 1. The van der Waals surface area contributed by atoms with E-state index in [0.29, 0.717) is 17.7 Å². The van der Waals surface area contributed by atoms with E-state index in [1.807, 2.05) is 84.9 Å². The van der Waals surface area contributed by atoms with Gasteiger partial charge in [0.05, 0.1) is 6.04 Å². The molecule has 4 aromatic carbocycles. The van der Waals surface area contributed by atoms with Gasteiger partial charge in [0.2, 0.25) is 0 Å². The largest absolute Gasteiger partial charge is 0.345 e. The van der Waals surface area contributed by atoms with Gasteiger partial charge in [-0.2, -0.15) is 0 Å². The summed E-state index contributed by atoms with van der Waals surface area (Å²) in [5.74, 6) is -0.0653. The van der Waals surface area contributed by atoms with Crippen molar-refractivity contribution < 1.29 is 9.59 Å². The molecule has 1 atom stereocenters. The van der Waals surface area contributed by atoms with Crippen LogP contribution in [0.2, 0.25) is 0 Å². The molecule has 0 aliphatic carbocycles. The number of rotatable bonds is 8. The summed E-state index contributed by atoms with van der Waals surface area (Å²) in [4.78, 5) is 24.1. The molecule has 4 nitrogen and oxygen atoms in total. The highest BCUT2D eigenvalue weighted by Gasteiger charge is 2.15. The topological polar surface area (TPSA) is 51.1 Å². The van der Waals surface area contributed by atoms with Crippen molar-refractivity contribution >= 4 is 23.1 Å². The summed E-state index contributed by atoms with van der Waals surface area (Å²) in [6, 6.07) is 34.0. The Morgan fingerprint density at radius 3 is 2.39 bits per heavy atom. The van der Waals surface area contributed by atoms with E-state index in [9.17, 15) is 9.59 Å². The van der Waals surface area contributed by atoms with E-state index in [-0.39, 0.29) is 11.9 Å². The fraction of sp³-hybridized carbons (Fsp3) is 0.125. The summed E-state index contributed by atoms with van der Waals surface area (Å²) in [5, 5.41) is 4.21. The SMILES string of the molecule is CC[C@H](NC(=O)c1ccc2c(ccn2Cc2ccccc2-c2ccc(C=O)cc2)c1)c1ccccc1. The minimum Gasteiger partial charge on any atom is -0.345 e. The van der Waals surface area contributed by atoms with Crippen LogP contribution in [0, 0.1) is 0 Å². The highest BCUT2D eigenvalue weighted by molar-refractivity contribution is 5.98. The molecule has 178 valence electrons. The molecule has 0 bridgehead atoms. The van der Waals surface area contributed by atoms with E-state index in [0.717, 1.165) is 40.3 Å². The van der Waals surface area contributed by atoms with E-state index in [1.54, 1.807) is 0 Å². The molecule has 5 rings (SSSR count). The normalized spacial score (nSPS) is 11.8. The Bertz CT molecular complexity index is 1500. The van der Waals surface area contributed by atoms with Crippen molar-refractivity contribution in [3.05, 3.63) is 132 Å². The number of carbonyl (C=O) groups is 2. The Labute approximate surface area is 211 Å². The van der Waals surface area contributed by atoms with Crippen LogP contribution in [0.1, 0.15) is 51.2 Å². The van der Waals surface area contributed by atoms with Gasteiger partial charge in [-0.3, -0.25) is 9.59 Å². The van der Waals surface area contributed by atoms with E-state index < -0.39 is 0 Å². The summed E-state index contributed by atoms with van der Waals surface area (Å²) >= 11 is 0. The Morgan fingerprint density at radius 1 is 0.889 bits per heavy atom. The first-order valence-electron chi connectivity index (χ1n) is 12.2. The molecule has 0 aliphatic heterocycles. The van der Waals surface area contributed by atoms with E-state index in [4.69, 9.17) is 0 Å². The molecule has 1 aromatic heterocycles. The third-order valence-corrected chi connectivity index (χ3v) is 6.66. The lowest BCUT2D eigenvalue weighted by atomic mass is 9.98. The van der Waals surface area contributed by atoms with E-state index in [2.05, 4.69) is 41.2 Å². The molecular formula is C32H28N2O2. The smallest absolute Gasteiger partial charge is 0.251 e. The van der Waals surface area contributed by atoms with Crippen LogP contribution < -0.4 is 5.32 Å². The first-order chi connectivity index (χ1) is 17.7. The van der Waals surface area contributed by atoms with Gasteiger partial charge in [0.1, 0.15) is 6.29 Å². The molecule has 1 amide bonds. The van der Waals surface area contributed by atoms with Crippen LogP contribution in [0.4, 0.5) is 0 Å². The minimum absolute atomic E-state index is 0.0175. The molecule has 0 fully saturated rings. The molecule has 0 spiro atoms. The Kier molecular flexibility index (Phi) is 6.76. The minimum atomic E-state index is -0.0653. The lowest BCUT2D eigenvalue weighted by Gasteiger charge is -2.17. The van der Waals surface area contributed by atoms with Gasteiger partial charge in [-0.05, 0) is 52.9 Å². The molecule has 5 aromatic rings. The van der Waals surface area contributed by atoms with E-state index >= 15 is 0 Å². The van der Waals surface area contributed by atoms with Gasteiger partial charge in [0, 0.05) is 34.8 Å². The van der Waals surface area contributed by atoms with Gasteiger partial charge in [-0.25, -0.2) is 0 Å². The second-order valence-electron chi connectivity index (χ2n) is 8.96. The highest BCUT2D eigenvalue weighted by Crippen LogP contribution is 2.27. The summed E-state index contributed by atoms with van der Waals surface area (Å²) in [5.41, 5.74) is 6.92. The Morgan fingerprint density at radius 2 is 1.64 bits per heavy atom. The zero-order valence-corrected chi connectivity index (χ0v) is 20.2. The molecule has 0 radical (unpaired) electrons. The number of amides is 1. The summed E-state index contributed by atoms with van der Waals surface area (Å²) < 4.78 is 2.20. The number of aromatic nitrogens is 1. The fourth-order valence-corrected chi connectivity index (χ4v) is 4.69. The standard InChI is InChI=1S/C32H28N2O2/c1-2-30(25-8-4-3-5-9-25)33-32(36)27-16-17-31-26(20-27)18-19-34(31)21-28-10-6-7-11-29(28)24-14-12-23(22-35)13-15-24/h3-20,22,30H,2,21H2,1H3,(H,33,36)/t30-/m0/s1. The lowest BCUT2D eigenvalue weighted by Crippen LogP contribution is -2.28. The number of fused-ring (bicyclic) bond motifs is 1. The summed E-state index contributed by atoms with van der Waals surface area (Å²) in [6.07, 6.45) is 3.75. The summed E-state index contributed by atoms with van der Waals surface area (Å²) in [6.45, 7) is 2.78. The van der Waals surface area contributed by atoms with Gasteiger partial charge in [-0.15, -0.1) is 0 Å². The van der Waals surface area contributed by atoms with Crippen molar-refractivity contribution in [2.24, 2.45) is 0 Å². The highest BCUT2D eigenvalue weighted by atomic mass is 16.1. The molecule has 0 saturated heterocycles. The molecule has 36 heavy (non-hydrogen) atoms. The molecule has 0 aliphatic rings. The average Bonchev–Trinajstić information content (AvgIpc) is 3.34. The van der Waals surface area contributed by atoms with Crippen molar-refractivity contribution in [2.45, 2.75) is 25.9 Å². The van der Waals surface area contributed by atoms with Crippen LogP contribution in [-0.4, -0.2) is 16.8 Å². The second-order valence-corrected chi connectivity index (χ2v) is 8.96. The van der Waals surface area contributed by atoms with E-state index in [1.165, 1.54) is 5.56 Å². The van der Waals surface area contributed by atoms with Crippen molar-refractivity contribution in [1.82, 2.24) is 9.88 Å². The zero-order chi connectivity index (χ0) is 24.9. The van der Waals surface area contributed by atoms with Crippen LogP contribution in [0.3, 0.4) is 0 Å². The Balaban J connectivity index is 1.38. The van der Waals surface area contributed by atoms with Gasteiger partial charge < -0.3 is 9.88 Å². The molecule has 0 saturated carbocycles. The number of benzene rings is 4. The molecule has 1 heterocycles. The Hall–Kier alpha value is -4.44. The maximum absolute atomic E-state index is 13.0. The fourth-order valence-electron chi connectivity index (χ4n) is 4.69. The first kappa shape index (κ1) is 23.3. The van der Waals surface area contributed by atoms with Gasteiger partial charge in [0.15, 0.2) is 0 Å². The van der Waals surface area contributed by atoms with Crippen molar-refractivity contribution in [3.8, 4) is 11.1 Å². The number of nitrogens with zero attached hydrogens (tertiary/aromatic N) is 1. The average molecular weight is 473 g/mol. The summed E-state index contributed by atoms with van der Waals surface area (Å²) in [7, 11) is 0. The van der Waals surface area contributed by atoms with Gasteiger partial charge in [0.25, 0.3) is 5.91 Å². The molecule has 4 heteroatoms. The zero-order valence-electron chi connectivity index (χ0n) is 20.2. The molecule has 1 N–H and O–H groups in total. The number of aldehydes is 1. The van der Waals surface area contributed by atoms with Crippen LogP contribution in [0.15, 0.2) is 109 Å². The third kappa shape index (κ3) is 4.84. The second kappa shape index (κ2) is 10.4. The van der Waals surface area contributed by atoms with Gasteiger partial charge >= 0.3 is 0 Å². The number of carbonyl (C=O) groups excluding carboxylic acids is 2. The van der Waals surface area contributed by atoms with Crippen LogP contribution in [0.5, 0.6) is 0 Å². The predicted molar refractivity (Wildman–Crippen MR) is 145 cm³/mol. The maximum Gasteiger partial charge on any atom is 0.251 e. The van der Waals surface area contributed by atoms with Crippen molar-refractivity contribution in [2.75, 3.05) is 0 Å². The van der Waals surface area contributed by atoms with Crippen LogP contribution in [0.25, 0.3) is 22.0 Å². The maximum atomic E-state index is 13.0. The van der Waals surface area contributed by atoms with Gasteiger partial charge in [-0.1, -0.05) is 85.8 Å². The van der Waals surface area contributed by atoms with Crippen LogP contribution in [-0.2, 0) is 6.54 Å². The quantitative estimate of drug-likeness (QED) is 0.246. The predicted octanol–water partition coefficient (Wildman–Crippen LogP) is 7.05. The lowest BCUT2D eigenvalue weighted by molar-refractivity contribution is 0.0935.